The topological polar surface area (TPSA) is 70.9 Å². The molecule has 0 amide bonds. The van der Waals surface area contributed by atoms with E-state index in [0.717, 1.165) is 33.4 Å². The summed E-state index contributed by atoms with van der Waals surface area (Å²) in [5, 5.41) is 16.3. The SMILES string of the molecule is Brc1cnn2c(NCc3ccc4[nH]ncc4c3)cc(C3CCCCC3)nc12. The van der Waals surface area contributed by atoms with Gasteiger partial charge in [-0.15, -0.1) is 0 Å². The average Bonchev–Trinajstić information content (AvgIpc) is 3.33. The van der Waals surface area contributed by atoms with Crippen molar-refractivity contribution in [2.45, 2.75) is 44.6 Å². The molecule has 1 saturated carbocycles. The Labute approximate surface area is 165 Å². The highest BCUT2D eigenvalue weighted by Gasteiger charge is 2.20. The Morgan fingerprint density at radius 2 is 2.04 bits per heavy atom. The minimum Gasteiger partial charge on any atom is -0.366 e. The first-order valence-corrected chi connectivity index (χ1v) is 10.3. The molecule has 138 valence electrons. The van der Waals surface area contributed by atoms with Crippen LogP contribution in [0.5, 0.6) is 0 Å². The van der Waals surface area contributed by atoms with Crippen molar-refractivity contribution < 1.29 is 0 Å². The predicted molar refractivity (Wildman–Crippen MR) is 110 cm³/mol. The largest absolute Gasteiger partial charge is 0.366 e. The molecule has 2 N–H and O–H groups in total. The van der Waals surface area contributed by atoms with Crippen LogP contribution in [0.4, 0.5) is 5.82 Å². The first-order chi connectivity index (χ1) is 13.3. The van der Waals surface area contributed by atoms with E-state index in [9.17, 15) is 0 Å². The number of anilines is 1. The van der Waals surface area contributed by atoms with Crippen LogP contribution in [0.3, 0.4) is 0 Å². The normalized spacial score (nSPS) is 15.6. The summed E-state index contributed by atoms with van der Waals surface area (Å²) in [5.41, 5.74) is 4.32. The van der Waals surface area contributed by atoms with Crippen molar-refractivity contribution >= 4 is 38.3 Å². The van der Waals surface area contributed by atoms with Gasteiger partial charge in [0.1, 0.15) is 5.82 Å². The summed E-state index contributed by atoms with van der Waals surface area (Å²) in [7, 11) is 0. The summed E-state index contributed by atoms with van der Waals surface area (Å²) >= 11 is 3.59. The third kappa shape index (κ3) is 3.20. The molecule has 5 rings (SSSR count). The summed E-state index contributed by atoms with van der Waals surface area (Å²) in [6.45, 7) is 0.724. The number of benzene rings is 1. The van der Waals surface area contributed by atoms with Gasteiger partial charge >= 0.3 is 0 Å². The molecule has 0 bridgehead atoms. The number of halogens is 1. The maximum absolute atomic E-state index is 4.91. The highest BCUT2D eigenvalue weighted by Crippen LogP contribution is 2.33. The number of H-pyrrole nitrogens is 1. The van der Waals surface area contributed by atoms with Crippen LogP contribution in [0.1, 0.15) is 49.3 Å². The molecular weight excluding hydrogens is 404 g/mol. The molecule has 1 aliphatic rings. The van der Waals surface area contributed by atoms with E-state index in [4.69, 9.17) is 4.98 Å². The van der Waals surface area contributed by atoms with Gasteiger partial charge in [-0.1, -0.05) is 25.3 Å². The van der Waals surface area contributed by atoms with Crippen LogP contribution in [0.25, 0.3) is 16.6 Å². The van der Waals surface area contributed by atoms with E-state index in [1.807, 2.05) is 16.9 Å². The van der Waals surface area contributed by atoms with Gasteiger partial charge in [0.15, 0.2) is 5.65 Å². The number of aromatic amines is 1. The molecule has 4 aromatic rings. The molecule has 1 aliphatic carbocycles. The van der Waals surface area contributed by atoms with E-state index in [0.29, 0.717) is 5.92 Å². The first-order valence-electron chi connectivity index (χ1n) is 9.48. The molecule has 0 unspecified atom stereocenters. The maximum atomic E-state index is 4.91. The number of nitrogens with zero attached hydrogens (tertiary/aromatic N) is 4. The minimum absolute atomic E-state index is 0.549. The van der Waals surface area contributed by atoms with Gasteiger partial charge in [-0.25, -0.2) is 4.98 Å². The molecule has 3 heterocycles. The average molecular weight is 425 g/mol. The van der Waals surface area contributed by atoms with Gasteiger partial charge in [-0.2, -0.15) is 14.7 Å². The van der Waals surface area contributed by atoms with Crippen LogP contribution in [0, 0.1) is 0 Å². The molecule has 0 aliphatic heterocycles. The third-order valence-corrected chi connectivity index (χ3v) is 6.01. The molecule has 6 nitrogen and oxygen atoms in total. The van der Waals surface area contributed by atoms with Gasteiger partial charge in [0.2, 0.25) is 0 Å². The third-order valence-electron chi connectivity index (χ3n) is 5.45. The van der Waals surface area contributed by atoms with Crippen molar-refractivity contribution in [3.63, 3.8) is 0 Å². The molecule has 27 heavy (non-hydrogen) atoms. The lowest BCUT2D eigenvalue weighted by molar-refractivity contribution is 0.437. The van der Waals surface area contributed by atoms with Crippen LogP contribution in [0.15, 0.2) is 41.1 Å². The van der Waals surface area contributed by atoms with Crippen LogP contribution in [0.2, 0.25) is 0 Å². The molecule has 3 aromatic heterocycles. The van der Waals surface area contributed by atoms with Gasteiger partial charge in [0.05, 0.1) is 22.4 Å². The molecule has 0 saturated heterocycles. The lowest BCUT2D eigenvalue weighted by Crippen LogP contribution is -2.11. The van der Waals surface area contributed by atoms with Crippen molar-refractivity contribution in [2.24, 2.45) is 0 Å². The van der Waals surface area contributed by atoms with Gasteiger partial charge in [-0.3, -0.25) is 5.10 Å². The minimum atomic E-state index is 0.549. The molecule has 0 spiro atoms. The van der Waals surface area contributed by atoms with Gasteiger partial charge in [-0.05, 0) is 46.5 Å². The fraction of sp³-hybridized carbons (Fsp3) is 0.350. The van der Waals surface area contributed by atoms with Gasteiger partial charge in [0.25, 0.3) is 0 Å². The number of rotatable bonds is 4. The van der Waals surface area contributed by atoms with E-state index in [-0.39, 0.29) is 0 Å². The number of hydrogen-bond acceptors (Lipinski definition) is 4. The van der Waals surface area contributed by atoms with Crippen molar-refractivity contribution in [1.82, 2.24) is 24.8 Å². The number of fused-ring (bicyclic) bond motifs is 2. The van der Waals surface area contributed by atoms with E-state index >= 15 is 0 Å². The lowest BCUT2D eigenvalue weighted by atomic mass is 9.87. The zero-order valence-electron chi connectivity index (χ0n) is 15.0. The zero-order valence-corrected chi connectivity index (χ0v) is 16.5. The Hall–Kier alpha value is -2.41. The first kappa shape index (κ1) is 16.7. The van der Waals surface area contributed by atoms with E-state index in [2.05, 4.69) is 60.8 Å². The van der Waals surface area contributed by atoms with Crippen LogP contribution < -0.4 is 5.32 Å². The Balaban J connectivity index is 1.47. The lowest BCUT2D eigenvalue weighted by Gasteiger charge is -2.22. The van der Waals surface area contributed by atoms with Crippen molar-refractivity contribution in [3.05, 3.63) is 52.4 Å². The predicted octanol–water partition coefficient (Wildman–Crippen LogP) is 5.03. The van der Waals surface area contributed by atoms with E-state index < -0.39 is 0 Å². The molecule has 1 fully saturated rings. The standard InChI is InChI=1S/C20H21BrN6/c21-16-12-24-27-19(9-18(25-20(16)27)14-4-2-1-3-5-14)22-10-13-6-7-17-15(8-13)11-23-26-17/h6-9,11-12,14,22H,1-5,10H2,(H,23,26). The second-order valence-electron chi connectivity index (χ2n) is 7.27. The molecule has 1 aromatic carbocycles. The Bertz CT molecular complexity index is 1090. The Morgan fingerprint density at radius 3 is 2.93 bits per heavy atom. The van der Waals surface area contributed by atoms with Crippen molar-refractivity contribution in [3.8, 4) is 0 Å². The Morgan fingerprint density at radius 1 is 1.15 bits per heavy atom. The summed E-state index contributed by atoms with van der Waals surface area (Å²) in [6.07, 6.45) is 10.1. The number of nitrogens with one attached hydrogen (secondary N) is 2. The summed E-state index contributed by atoms with van der Waals surface area (Å²) in [6, 6.07) is 8.52. The van der Waals surface area contributed by atoms with Crippen LogP contribution >= 0.6 is 15.9 Å². The molecular formula is C20H21BrN6. The quantitative estimate of drug-likeness (QED) is 0.481. The smallest absolute Gasteiger partial charge is 0.171 e. The van der Waals surface area contributed by atoms with Crippen molar-refractivity contribution in [2.75, 3.05) is 5.32 Å². The summed E-state index contributed by atoms with van der Waals surface area (Å²) in [4.78, 5) is 4.91. The monoisotopic (exact) mass is 424 g/mol. The number of hydrogen-bond donors (Lipinski definition) is 2. The fourth-order valence-corrected chi connectivity index (χ4v) is 4.33. The highest BCUT2D eigenvalue weighted by atomic mass is 79.9. The Kier molecular flexibility index (Phi) is 4.32. The maximum Gasteiger partial charge on any atom is 0.171 e. The molecule has 7 heteroatoms. The summed E-state index contributed by atoms with van der Waals surface area (Å²) < 4.78 is 2.82. The van der Waals surface area contributed by atoms with Crippen LogP contribution in [-0.4, -0.2) is 24.8 Å². The van der Waals surface area contributed by atoms with E-state index in [1.54, 1.807) is 0 Å². The second kappa shape index (κ2) is 6.96. The second-order valence-corrected chi connectivity index (χ2v) is 8.13. The molecule has 0 atom stereocenters. The number of aromatic nitrogens is 5. The summed E-state index contributed by atoms with van der Waals surface area (Å²) in [5.74, 6) is 1.53. The highest BCUT2D eigenvalue weighted by molar-refractivity contribution is 9.10. The fourth-order valence-electron chi connectivity index (χ4n) is 3.98. The van der Waals surface area contributed by atoms with Gasteiger partial charge in [0, 0.05) is 29.6 Å². The zero-order chi connectivity index (χ0) is 18.2. The van der Waals surface area contributed by atoms with Gasteiger partial charge < -0.3 is 5.32 Å². The van der Waals surface area contributed by atoms with Crippen molar-refractivity contribution in [1.29, 1.82) is 0 Å². The molecule has 0 radical (unpaired) electrons. The van der Waals surface area contributed by atoms with Crippen LogP contribution in [-0.2, 0) is 6.54 Å². The van der Waals surface area contributed by atoms with E-state index in [1.165, 1.54) is 43.4 Å².